The molecule has 0 fully saturated rings. The van der Waals surface area contributed by atoms with E-state index in [1.54, 1.807) is 19.4 Å². The van der Waals surface area contributed by atoms with Crippen LogP contribution in [-0.2, 0) is 13.1 Å². The Morgan fingerprint density at radius 2 is 2.27 bits per heavy atom. The highest BCUT2D eigenvalue weighted by Gasteiger charge is 2.21. The summed E-state index contributed by atoms with van der Waals surface area (Å²) >= 11 is 0. The van der Waals surface area contributed by atoms with Gasteiger partial charge in [-0.05, 0) is 12.5 Å². The first-order valence-corrected chi connectivity index (χ1v) is 7.19. The van der Waals surface area contributed by atoms with Crippen LogP contribution in [0.2, 0.25) is 0 Å². The average Bonchev–Trinajstić information content (AvgIpc) is 2.86. The summed E-state index contributed by atoms with van der Waals surface area (Å²) in [5.41, 5.74) is 1.46. The maximum Gasteiger partial charge on any atom is 0.228 e. The number of methoxy groups -OCH3 is 1. The van der Waals surface area contributed by atoms with Gasteiger partial charge in [-0.2, -0.15) is 10.1 Å². The Labute approximate surface area is 128 Å². The summed E-state index contributed by atoms with van der Waals surface area (Å²) < 4.78 is 7.01. The quantitative estimate of drug-likeness (QED) is 0.828. The van der Waals surface area contributed by atoms with E-state index in [-0.39, 0.29) is 6.61 Å². The predicted octanol–water partition coefficient (Wildman–Crippen LogP) is 0.118. The van der Waals surface area contributed by atoms with Crippen LogP contribution in [0.3, 0.4) is 0 Å². The molecule has 3 rings (SSSR count). The van der Waals surface area contributed by atoms with E-state index in [4.69, 9.17) is 9.84 Å². The highest BCUT2D eigenvalue weighted by atomic mass is 16.5. The fraction of sp³-hybridized carbons (Fsp3) is 0.500. The molecule has 8 heteroatoms. The van der Waals surface area contributed by atoms with Gasteiger partial charge in [0.05, 0.1) is 31.6 Å². The van der Waals surface area contributed by atoms with E-state index in [2.05, 4.69) is 20.0 Å². The second-order valence-corrected chi connectivity index (χ2v) is 5.16. The fourth-order valence-corrected chi connectivity index (χ4v) is 2.51. The van der Waals surface area contributed by atoms with Crippen molar-refractivity contribution in [2.24, 2.45) is 0 Å². The minimum absolute atomic E-state index is 0.334. The van der Waals surface area contributed by atoms with Crippen LogP contribution in [0.5, 0.6) is 5.88 Å². The van der Waals surface area contributed by atoms with E-state index in [9.17, 15) is 5.11 Å². The first kappa shape index (κ1) is 14.7. The Bertz CT molecular complexity index is 645. The van der Waals surface area contributed by atoms with Crippen LogP contribution in [0.1, 0.15) is 23.9 Å². The van der Waals surface area contributed by atoms with Crippen LogP contribution in [-0.4, -0.2) is 50.2 Å². The summed E-state index contributed by atoms with van der Waals surface area (Å²) in [6.45, 7) is 1.83. The van der Waals surface area contributed by atoms with Gasteiger partial charge in [-0.25, -0.2) is 4.98 Å². The molecule has 118 valence electrons. The number of aromatic nitrogens is 4. The first-order chi connectivity index (χ1) is 10.7. The molecule has 1 aliphatic heterocycles. The summed E-state index contributed by atoms with van der Waals surface area (Å²) in [4.78, 5) is 10.7. The molecule has 22 heavy (non-hydrogen) atoms. The van der Waals surface area contributed by atoms with Crippen molar-refractivity contribution < 1.29 is 14.9 Å². The van der Waals surface area contributed by atoms with Crippen LogP contribution in [0.25, 0.3) is 0 Å². The Hall–Kier alpha value is -2.19. The molecule has 0 saturated carbocycles. The van der Waals surface area contributed by atoms with Crippen molar-refractivity contribution in [2.45, 2.75) is 25.6 Å². The van der Waals surface area contributed by atoms with Crippen LogP contribution in [0.4, 0.5) is 5.95 Å². The molecule has 2 N–H and O–H groups in total. The van der Waals surface area contributed by atoms with Gasteiger partial charge in [0.15, 0.2) is 0 Å². The Kier molecular flexibility index (Phi) is 4.21. The summed E-state index contributed by atoms with van der Waals surface area (Å²) in [6, 6.07) is 3.53. The molecule has 0 amide bonds. The van der Waals surface area contributed by atoms with Gasteiger partial charge in [-0.1, -0.05) is 0 Å². The Morgan fingerprint density at radius 1 is 1.41 bits per heavy atom. The molecule has 0 aromatic carbocycles. The maximum atomic E-state index is 9.72. The number of fused-ring (bicyclic) bond motifs is 1. The molecule has 0 saturated heterocycles. The van der Waals surface area contributed by atoms with Gasteiger partial charge in [-0.15, -0.1) is 0 Å². The topological polar surface area (TPSA) is 96.5 Å². The van der Waals surface area contributed by atoms with E-state index in [0.29, 0.717) is 24.1 Å². The standard InChI is InChI=1S/C14H19N5O3/c1-22-13-3-4-15-14(16-13)18-5-2-6-19-10(8-18)7-11(17-19)12(21)9-20/h3-4,7,12,20-21H,2,5-6,8-9H2,1H3/t12-/m1/s1. The lowest BCUT2D eigenvalue weighted by Crippen LogP contribution is -2.24. The zero-order chi connectivity index (χ0) is 15.5. The van der Waals surface area contributed by atoms with Gasteiger partial charge in [0.25, 0.3) is 0 Å². The molecule has 2 aromatic heterocycles. The number of rotatable bonds is 4. The van der Waals surface area contributed by atoms with Crippen molar-refractivity contribution in [1.82, 2.24) is 19.7 Å². The third-order valence-electron chi connectivity index (χ3n) is 3.66. The lowest BCUT2D eigenvalue weighted by molar-refractivity contribution is 0.0916. The minimum atomic E-state index is -0.944. The van der Waals surface area contributed by atoms with Crippen molar-refractivity contribution in [2.75, 3.05) is 25.2 Å². The van der Waals surface area contributed by atoms with E-state index in [1.807, 2.05) is 10.7 Å². The molecule has 0 aliphatic carbocycles. The first-order valence-electron chi connectivity index (χ1n) is 7.19. The lowest BCUT2D eigenvalue weighted by Gasteiger charge is -2.19. The largest absolute Gasteiger partial charge is 0.481 e. The second kappa shape index (κ2) is 6.29. The highest BCUT2D eigenvalue weighted by molar-refractivity contribution is 5.34. The van der Waals surface area contributed by atoms with Crippen LogP contribution >= 0.6 is 0 Å². The molecular weight excluding hydrogens is 286 g/mol. The van der Waals surface area contributed by atoms with Gasteiger partial charge in [0.2, 0.25) is 11.8 Å². The Morgan fingerprint density at radius 3 is 3.05 bits per heavy atom. The smallest absolute Gasteiger partial charge is 0.228 e. The van der Waals surface area contributed by atoms with Crippen LogP contribution in [0.15, 0.2) is 18.3 Å². The van der Waals surface area contributed by atoms with Gasteiger partial charge in [0.1, 0.15) is 6.10 Å². The number of hydrogen-bond acceptors (Lipinski definition) is 7. The predicted molar refractivity (Wildman–Crippen MR) is 78.5 cm³/mol. The summed E-state index contributed by atoms with van der Waals surface area (Å²) in [7, 11) is 1.58. The van der Waals surface area contributed by atoms with Crippen molar-refractivity contribution in [3.63, 3.8) is 0 Å². The molecule has 8 nitrogen and oxygen atoms in total. The van der Waals surface area contributed by atoms with E-state index >= 15 is 0 Å². The SMILES string of the molecule is COc1ccnc(N2CCCn3nc([C@H](O)CO)cc3C2)n1. The lowest BCUT2D eigenvalue weighted by atomic mass is 10.2. The van der Waals surface area contributed by atoms with Crippen LogP contribution < -0.4 is 9.64 Å². The monoisotopic (exact) mass is 305 g/mol. The zero-order valence-electron chi connectivity index (χ0n) is 12.4. The zero-order valence-corrected chi connectivity index (χ0v) is 12.4. The molecule has 0 bridgehead atoms. The number of aliphatic hydroxyl groups is 2. The van der Waals surface area contributed by atoms with Gasteiger partial charge >= 0.3 is 0 Å². The van der Waals surface area contributed by atoms with Crippen LogP contribution in [0, 0.1) is 0 Å². The maximum absolute atomic E-state index is 9.72. The molecule has 3 heterocycles. The summed E-state index contributed by atoms with van der Waals surface area (Å²) in [5.74, 6) is 1.14. The Balaban J connectivity index is 1.85. The number of aryl methyl sites for hydroxylation is 1. The fourth-order valence-electron chi connectivity index (χ4n) is 2.51. The van der Waals surface area contributed by atoms with Gasteiger partial charge in [0, 0.05) is 25.4 Å². The molecule has 0 unspecified atom stereocenters. The number of hydrogen-bond donors (Lipinski definition) is 2. The van der Waals surface area contributed by atoms with Gasteiger partial charge in [-0.3, -0.25) is 4.68 Å². The van der Waals surface area contributed by atoms with Crippen molar-refractivity contribution in [1.29, 1.82) is 0 Å². The average molecular weight is 305 g/mol. The summed E-state index contributed by atoms with van der Waals surface area (Å²) in [6.07, 6.45) is 1.62. The number of ether oxygens (including phenoxy) is 1. The second-order valence-electron chi connectivity index (χ2n) is 5.16. The third kappa shape index (κ3) is 2.88. The number of aliphatic hydroxyl groups excluding tert-OH is 2. The van der Waals surface area contributed by atoms with Crippen molar-refractivity contribution >= 4 is 5.95 Å². The van der Waals surface area contributed by atoms with Crippen molar-refractivity contribution in [3.05, 3.63) is 29.7 Å². The number of nitrogens with zero attached hydrogens (tertiary/aromatic N) is 5. The normalized spacial score (nSPS) is 16.0. The molecule has 1 aliphatic rings. The van der Waals surface area contributed by atoms with E-state index in [1.165, 1.54) is 0 Å². The number of anilines is 1. The minimum Gasteiger partial charge on any atom is -0.481 e. The van der Waals surface area contributed by atoms with E-state index in [0.717, 1.165) is 25.2 Å². The third-order valence-corrected chi connectivity index (χ3v) is 3.66. The highest BCUT2D eigenvalue weighted by Crippen LogP contribution is 2.21. The summed E-state index contributed by atoms with van der Waals surface area (Å²) in [5, 5.41) is 23.1. The van der Waals surface area contributed by atoms with Crippen molar-refractivity contribution in [3.8, 4) is 5.88 Å². The van der Waals surface area contributed by atoms with Gasteiger partial charge < -0.3 is 19.8 Å². The molecule has 2 aromatic rings. The molecular formula is C14H19N5O3. The van der Waals surface area contributed by atoms with E-state index < -0.39 is 6.10 Å². The molecule has 1 atom stereocenters. The molecule has 0 radical (unpaired) electrons. The molecule has 0 spiro atoms.